The van der Waals surface area contributed by atoms with Crippen LogP contribution >= 0.6 is 0 Å². The molecule has 0 saturated carbocycles. The van der Waals surface area contributed by atoms with Crippen LogP contribution in [0.2, 0.25) is 0 Å². The van der Waals surface area contributed by atoms with Crippen LogP contribution in [0.15, 0.2) is 18.2 Å². The Labute approximate surface area is 116 Å². The number of benzene rings is 1. The van der Waals surface area contributed by atoms with E-state index in [0.717, 1.165) is 11.8 Å². The smallest absolute Gasteiger partial charge is 0.405 e. The van der Waals surface area contributed by atoms with E-state index in [9.17, 15) is 9.59 Å². The van der Waals surface area contributed by atoms with Gasteiger partial charge < -0.3 is 15.4 Å². The highest BCUT2D eigenvalue weighted by Gasteiger charge is 2.19. The number of carboxylic acid groups (broad SMARTS) is 1. The number of H-pyrrole nitrogens is 1. The molecular formula is C14H17N3O3. The van der Waals surface area contributed by atoms with Crippen molar-refractivity contribution < 1.29 is 14.7 Å². The van der Waals surface area contributed by atoms with E-state index in [4.69, 9.17) is 5.11 Å². The SMILES string of the molecule is CC(C)CC(NC(=O)O)c1nc2ccc(C=O)cc2[nH]1. The van der Waals surface area contributed by atoms with E-state index in [1.54, 1.807) is 18.2 Å². The third-order valence-electron chi connectivity index (χ3n) is 3.00. The molecular weight excluding hydrogens is 258 g/mol. The van der Waals surface area contributed by atoms with E-state index in [0.29, 0.717) is 29.2 Å². The quantitative estimate of drug-likeness (QED) is 0.731. The van der Waals surface area contributed by atoms with Gasteiger partial charge in [0.25, 0.3) is 0 Å². The van der Waals surface area contributed by atoms with Gasteiger partial charge in [-0.1, -0.05) is 13.8 Å². The number of imidazole rings is 1. The number of hydrogen-bond acceptors (Lipinski definition) is 3. The average Bonchev–Trinajstić information content (AvgIpc) is 2.79. The van der Waals surface area contributed by atoms with Crippen LogP contribution in [0.25, 0.3) is 11.0 Å². The van der Waals surface area contributed by atoms with Gasteiger partial charge in [0.1, 0.15) is 12.1 Å². The summed E-state index contributed by atoms with van der Waals surface area (Å²) < 4.78 is 0. The summed E-state index contributed by atoms with van der Waals surface area (Å²) in [5.74, 6) is 0.893. The highest BCUT2D eigenvalue weighted by molar-refractivity contribution is 5.84. The summed E-state index contributed by atoms with van der Waals surface area (Å²) in [5, 5.41) is 11.4. The lowest BCUT2D eigenvalue weighted by molar-refractivity contribution is 0.112. The average molecular weight is 275 g/mol. The summed E-state index contributed by atoms with van der Waals surface area (Å²) in [6, 6.07) is 4.74. The number of aromatic amines is 1. The first kappa shape index (κ1) is 14.0. The Kier molecular flexibility index (Phi) is 4.02. The first-order valence-electron chi connectivity index (χ1n) is 6.44. The molecule has 0 fully saturated rings. The molecule has 2 rings (SSSR count). The molecule has 0 spiro atoms. The van der Waals surface area contributed by atoms with Crippen LogP contribution in [0, 0.1) is 5.92 Å². The molecule has 20 heavy (non-hydrogen) atoms. The highest BCUT2D eigenvalue weighted by atomic mass is 16.4. The summed E-state index contributed by atoms with van der Waals surface area (Å²) in [5.41, 5.74) is 2.00. The summed E-state index contributed by atoms with van der Waals surface area (Å²) in [6.07, 6.45) is 0.331. The van der Waals surface area contributed by atoms with Crippen molar-refractivity contribution in [2.24, 2.45) is 5.92 Å². The second-order valence-electron chi connectivity index (χ2n) is 5.15. The number of aromatic nitrogens is 2. The number of carbonyl (C=O) groups is 2. The standard InChI is InChI=1S/C14H17N3O3/c1-8(2)5-12(17-14(19)20)13-15-10-4-3-9(7-18)6-11(10)16-13/h3-4,6-8,12,17H,5H2,1-2H3,(H,15,16)(H,19,20). The van der Waals surface area contributed by atoms with Gasteiger partial charge in [0.05, 0.1) is 17.1 Å². The van der Waals surface area contributed by atoms with E-state index in [-0.39, 0.29) is 6.04 Å². The third-order valence-corrected chi connectivity index (χ3v) is 3.00. The van der Waals surface area contributed by atoms with Crippen LogP contribution in [0.3, 0.4) is 0 Å². The fourth-order valence-corrected chi connectivity index (χ4v) is 2.14. The molecule has 0 bridgehead atoms. The minimum absolute atomic E-state index is 0.325. The minimum Gasteiger partial charge on any atom is -0.465 e. The molecule has 6 heteroatoms. The normalized spacial score (nSPS) is 12.6. The number of fused-ring (bicyclic) bond motifs is 1. The Hall–Kier alpha value is -2.37. The Bertz CT molecular complexity index is 634. The summed E-state index contributed by atoms with van der Waals surface area (Å²) in [4.78, 5) is 29.1. The maximum Gasteiger partial charge on any atom is 0.405 e. The van der Waals surface area contributed by atoms with Crippen molar-refractivity contribution in [3.05, 3.63) is 29.6 Å². The van der Waals surface area contributed by atoms with E-state index in [2.05, 4.69) is 15.3 Å². The van der Waals surface area contributed by atoms with Crippen molar-refractivity contribution in [3.63, 3.8) is 0 Å². The maximum atomic E-state index is 10.9. The molecule has 3 N–H and O–H groups in total. The van der Waals surface area contributed by atoms with Crippen LogP contribution in [-0.2, 0) is 0 Å². The third kappa shape index (κ3) is 3.14. The molecule has 0 aliphatic rings. The Balaban J connectivity index is 2.36. The second kappa shape index (κ2) is 5.73. The van der Waals surface area contributed by atoms with Gasteiger partial charge in [0.2, 0.25) is 0 Å². The zero-order valence-corrected chi connectivity index (χ0v) is 11.4. The molecule has 106 valence electrons. The van der Waals surface area contributed by atoms with Gasteiger partial charge in [-0.2, -0.15) is 0 Å². The number of amides is 1. The van der Waals surface area contributed by atoms with Gasteiger partial charge in [-0.05, 0) is 30.5 Å². The molecule has 0 saturated heterocycles. The van der Waals surface area contributed by atoms with Gasteiger partial charge in [-0.3, -0.25) is 4.79 Å². The van der Waals surface area contributed by atoms with Crippen molar-refractivity contribution >= 4 is 23.4 Å². The van der Waals surface area contributed by atoms with Gasteiger partial charge in [0, 0.05) is 5.56 Å². The molecule has 1 atom stereocenters. The zero-order valence-electron chi connectivity index (χ0n) is 11.4. The van der Waals surface area contributed by atoms with Crippen molar-refractivity contribution in [1.82, 2.24) is 15.3 Å². The molecule has 0 aliphatic heterocycles. The molecule has 1 unspecified atom stereocenters. The van der Waals surface area contributed by atoms with Gasteiger partial charge in [-0.25, -0.2) is 9.78 Å². The predicted octanol–water partition coefficient (Wildman–Crippen LogP) is 2.73. The van der Waals surface area contributed by atoms with Crippen LogP contribution < -0.4 is 5.32 Å². The second-order valence-corrected chi connectivity index (χ2v) is 5.15. The molecule has 1 aromatic heterocycles. The van der Waals surface area contributed by atoms with Crippen molar-refractivity contribution in [1.29, 1.82) is 0 Å². The summed E-state index contributed by atoms with van der Waals surface area (Å²) in [7, 11) is 0. The van der Waals surface area contributed by atoms with E-state index in [1.807, 2.05) is 13.8 Å². The van der Waals surface area contributed by atoms with Crippen LogP contribution in [-0.4, -0.2) is 27.5 Å². The Morgan fingerprint density at radius 2 is 2.25 bits per heavy atom. The largest absolute Gasteiger partial charge is 0.465 e. The number of nitrogens with zero attached hydrogens (tertiary/aromatic N) is 1. The molecule has 1 aromatic carbocycles. The van der Waals surface area contributed by atoms with Crippen molar-refractivity contribution in [2.45, 2.75) is 26.3 Å². The van der Waals surface area contributed by atoms with Crippen molar-refractivity contribution in [2.75, 3.05) is 0 Å². The number of rotatable bonds is 5. The van der Waals surface area contributed by atoms with Crippen molar-refractivity contribution in [3.8, 4) is 0 Å². The fourth-order valence-electron chi connectivity index (χ4n) is 2.14. The van der Waals surface area contributed by atoms with Crippen LogP contribution in [0.1, 0.15) is 42.5 Å². The minimum atomic E-state index is -1.08. The fraction of sp³-hybridized carbons (Fsp3) is 0.357. The first-order valence-corrected chi connectivity index (χ1v) is 6.44. The molecule has 1 heterocycles. The van der Waals surface area contributed by atoms with E-state index >= 15 is 0 Å². The van der Waals surface area contributed by atoms with Crippen LogP contribution in [0.4, 0.5) is 4.79 Å². The highest BCUT2D eigenvalue weighted by Crippen LogP contribution is 2.22. The van der Waals surface area contributed by atoms with Gasteiger partial charge >= 0.3 is 6.09 Å². The zero-order chi connectivity index (χ0) is 14.7. The van der Waals surface area contributed by atoms with E-state index in [1.165, 1.54) is 0 Å². The Morgan fingerprint density at radius 3 is 2.85 bits per heavy atom. The topological polar surface area (TPSA) is 95.1 Å². The number of carbonyl (C=O) groups excluding carboxylic acids is 1. The lowest BCUT2D eigenvalue weighted by Gasteiger charge is -2.16. The van der Waals surface area contributed by atoms with Gasteiger partial charge in [0.15, 0.2) is 0 Å². The summed E-state index contributed by atoms with van der Waals surface area (Å²) >= 11 is 0. The van der Waals surface area contributed by atoms with Gasteiger partial charge in [-0.15, -0.1) is 0 Å². The Morgan fingerprint density at radius 1 is 1.50 bits per heavy atom. The summed E-state index contributed by atoms with van der Waals surface area (Å²) in [6.45, 7) is 4.04. The maximum absolute atomic E-state index is 10.9. The van der Waals surface area contributed by atoms with Crippen LogP contribution in [0.5, 0.6) is 0 Å². The lowest BCUT2D eigenvalue weighted by Crippen LogP contribution is -2.28. The number of hydrogen-bond donors (Lipinski definition) is 3. The lowest BCUT2D eigenvalue weighted by atomic mass is 10.0. The molecule has 6 nitrogen and oxygen atoms in total. The number of nitrogens with one attached hydrogen (secondary N) is 2. The molecule has 1 amide bonds. The number of aldehydes is 1. The predicted molar refractivity (Wildman–Crippen MR) is 74.8 cm³/mol. The molecule has 0 aliphatic carbocycles. The molecule has 0 radical (unpaired) electrons. The van der Waals surface area contributed by atoms with E-state index < -0.39 is 6.09 Å². The first-order chi connectivity index (χ1) is 9.49. The monoisotopic (exact) mass is 275 g/mol. The molecule has 2 aromatic rings.